The summed E-state index contributed by atoms with van der Waals surface area (Å²) in [4.78, 5) is 0. The van der Waals surface area contributed by atoms with E-state index in [9.17, 15) is 0 Å². The first-order chi connectivity index (χ1) is 8.36. The van der Waals surface area contributed by atoms with Crippen LogP contribution in [0.3, 0.4) is 0 Å². The van der Waals surface area contributed by atoms with Crippen LogP contribution >= 0.6 is 12.4 Å². The summed E-state index contributed by atoms with van der Waals surface area (Å²) in [5, 5.41) is 3.70. The molecular weight excluding hydrogens is 242 g/mol. The molecule has 2 rings (SSSR count). The molecule has 18 heavy (non-hydrogen) atoms. The van der Waals surface area contributed by atoms with Gasteiger partial charge in [-0.05, 0) is 43.4 Å². The second-order valence-electron chi connectivity index (χ2n) is 4.93. The molecule has 1 N–H and O–H groups in total. The Balaban J connectivity index is 0.00000162. The minimum Gasteiger partial charge on any atom is -0.313 e. The van der Waals surface area contributed by atoms with Gasteiger partial charge in [0.2, 0.25) is 0 Å². The molecule has 100 valence electrons. The maximum absolute atomic E-state index is 3.91. The van der Waals surface area contributed by atoms with Crippen LogP contribution in [-0.2, 0) is 6.42 Å². The van der Waals surface area contributed by atoms with E-state index in [0.29, 0.717) is 12.0 Å². The Morgan fingerprint density at radius 3 is 2.89 bits per heavy atom. The Hall–Kier alpha value is -0.790. The van der Waals surface area contributed by atoms with Gasteiger partial charge < -0.3 is 5.32 Å². The summed E-state index contributed by atoms with van der Waals surface area (Å²) in [6.45, 7) is 7.27. The SMILES string of the molecule is C=CC[C@@H]1c2ccccc2CC[C@H]1NCCC.Cl. The first-order valence-electron chi connectivity index (χ1n) is 6.79. The standard InChI is InChI=1S/C16H23N.ClH/c1-3-7-15-14-9-6-5-8-13(14)10-11-16(15)17-12-4-2;/h3,5-6,8-9,15-17H,1,4,7,10-12H2,2H3;1H/t15-,16-;/m1./s1. The van der Waals surface area contributed by atoms with E-state index in [1.165, 1.54) is 30.4 Å². The summed E-state index contributed by atoms with van der Waals surface area (Å²) in [5.74, 6) is 0.615. The van der Waals surface area contributed by atoms with Crippen molar-refractivity contribution in [2.24, 2.45) is 0 Å². The lowest BCUT2D eigenvalue weighted by Crippen LogP contribution is -2.38. The smallest absolute Gasteiger partial charge is 0.0142 e. The average Bonchev–Trinajstić information content (AvgIpc) is 2.38. The van der Waals surface area contributed by atoms with Gasteiger partial charge in [-0.15, -0.1) is 19.0 Å². The number of halogens is 1. The fourth-order valence-corrected chi connectivity index (χ4v) is 2.90. The molecule has 1 nitrogen and oxygen atoms in total. The molecule has 0 saturated carbocycles. The summed E-state index contributed by atoms with van der Waals surface area (Å²) in [6.07, 6.45) is 6.82. The van der Waals surface area contributed by atoms with E-state index in [4.69, 9.17) is 0 Å². The van der Waals surface area contributed by atoms with Gasteiger partial charge in [0, 0.05) is 12.0 Å². The summed E-state index contributed by atoms with van der Waals surface area (Å²) < 4.78 is 0. The topological polar surface area (TPSA) is 12.0 Å². The van der Waals surface area contributed by atoms with Gasteiger partial charge in [-0.3, -0.25) is 0 Å². The van der Waals surface area contributed by atoms with Crippen molar-refractivity contribution in [2.75, 3.05) is 6.54 Å². The molecule has 0 unspecified atom stereocenters. The first kappa shape index (κ1) is 15.3. The molecule has 1 aliphatic rings. The lowest BCUT2D eigenvalue weighted by Gasteiger charge is -2.34. The average molecular weight is 266 g/mol. The normalized spacial score (nSPS) is 21.8. The molecule has 0 aromatic heterocycles. The molecule has 2 heteroatoms. The number of aryl methyl sites for hydroxylation is 1. The van der Waals surface area contributed by atoms with Crippen LogP contribution in [0.1, 0.15) is 43.2 Å². The minimum absolute atomic E-state index is 0. The third-order valence-electron chi connectivity index (χ3n) is 3.74. The van der Waals surface area contributed by atoms with Gasteiger partial charge in [-0.2, -0.15) is 0 Å². The first-order valence-corrected chi connectivity index (χ1v) is 6.79. The van der Waals surface area contributed by atoms with Gasteiger partial charge in [0.05, 0.1) is 0 Å². The van der Waals surface area contributed by atoms with E-state index in [2.05, 4.69) is 49.2 Å². The van der Waals surface area contributed by atoms with Crippen LogP contribution < -0.4 is 5.32 Å². The van der Waals surface area contributed by atoms with Crippen LogP contribution in [-0.4, -0.2) is 12.6 Å². The molecule has 1 aliphatic carbocycles. The number of fused-ring (bicyclic) bond motifs is 1. The van der Waals surface area contributed by atoms with Crippen molar-refractivity contribution in [3.63, 3.8) is 0 Å². The van der Waals surface area contributed by atoms with Crippen molar-refractivity contribution in [3.8, 4) is 0 Å². The predicted octanol–water partition coefficient (Wildman–Crippen LogP) is 4.08. The highest BCUT2D eigenvalue weighted by Crippen LogP contribution is 2.34. The quantitative estimate of drug-likeness (QED) is 0.791. The molecule has 0 saturated heterocycles. The van der Waals surface area contributed by atoms with Crippen molar-refractivity contribution in [2.45, 2.75) is 44.6 Å². The van der Waals surface area contributed by atoms with E-state index < -0.39 is 0 Å². The molecule has 0 bridgehead atoms. The van der Waals surface area contributed by atoms with Gasteiger partial charge in [-0.25, -0.2) is 0 Å². The van der Waals surface area contributed by atoms with Gasteiger partial charge >= 0.3 is 0 Å². The maximum atomic E-state index is 3.91. The van der Waals surface area contributed by atoms with Crippen LogP contribution in [0.2, 0.25) is 0 Å². The molecule has 0 radical (unpaired) electrons. The Labute approximate surface area is 117 Å². The number of benzene rings is 1. The summed E-state index contributed by atoms with van der Waals surface area (Å²) in [5.41, 5.74) is 3.07. The lowest BCUT2D eigenvalue weighted by molar-refractivity contribution is 0.388. The van der Waals surface area contributed by atoms with Crippen LogP contribution in [0.4, 0.5) is 0 Å². The second kappa shape index (κ2) is 7.60. The van der Waals surface area contributed by atoms with Crippen LogP contribution in [0.5, 0.6) is 0 Å². The van der Waals surface area contributed by atoms with Crippen molar-refractivity contribution < 1.29 is 0 Å². The highest BCUT2D eigenvalue weighted by molar-refractivity contribution is 5.85. The van der Waals surface area contributed by atoms with E-state index in [-0.39, 0.29) is 12.4 Å². The number of hydrogen-bond donors (Lipinski definition) is 1. The number of nitrogens with one attached hydrogen (secondary N) is 1. The van der Waals surface area contributed by atoms with Crippen LogP contribution in [0.25, 0.3) is 0 Å². The fourth-order valence-electron chi connectivity index (χ4n) is 2.90. The van der Waals surface area contributed by atoms with Gasteiger partial charge in [0.25, 0.3) is 0 Å². The molecule has 1 aromatic carbocycles. The molecule has 0 amide bonds. The van der Waals surface area contributed by atoms with Crippen molar-refractivity contribution in [1.82, 2.24) is 5.32 Å². The van der Waals surface area contributed by atoms with E-state index in [1.807, 2.05) is 0 Å². The Morgan fingerprint density at radius 2 is 2.17 bits per heavy atom. The molecule has 0 heterocycles. The molecule has 0 aliphatic heterocycles. The zero-order chi connectivity index (χ0) is 12.1. The van der Waals surface area contributed by atoms with Crippen molar-refractivity contribution >= 4 is 12.4 Å². The zero-order valence-electron chi connectivity index (χ0n) is 11.2. The highest BCUT2D eigenvalue weighted by atomic mass is 35.5. The highest BCUT2D eigenvalue weighted by Gasteiger charge is 2.27. The number of allylic oxidation sites excluding steroid dienone is 1. The Bertz CT molecular complexity index is 375. The summed E-state index contributed by atoms with van der Waals surface area (Å²) >= 11 is 0. The van der Waals surface area contributed by atoms with Gasteiger partial charge in [0.15, 0.2) is 0 Å². The molecule has 1 aromatic rings. The van der Waals surface area contributed by atoms with Crippen molar-refractivity contribution in [1.29, 1.82) is 0 Å². The van der Waals surface area contributed by atoms with E-state index >= 15 is 0 Å². The van der Waals surface area contributed by atoms with E-state index in [1.54, 1.807) is 0 Å². The third-order valence-corrected chi connectivity index (χ3v) is 3.74. The zero-order valence-corrected chi connectivity index (χ0v) is 12.0. The van der Waals surface area contributed by atoms with Crippen LogP contribution in [0, 0.1) is 0 Å². The second-order valence-corrected chi connectivity index (χ2v) is 4.93. The molecular formula is C16H24ClN. The fraction of sp³-hybridized carbons (Fsp3) is 0.500. The minimum atomic E-state index is 0. The number of rotatable bonds is 5. The Morgan fingerprint density at radius 1 is 1.39 bits per heavy atom. The summed E-state index contributed by atoms with van der Waals surface area (Å²) in [6, 6.07) is 9.52. The largest absolute Gasteiger partial charge is 0.313 e. The maximum Gasteiger partial charge on any atom is 0.0142 e. The van der Waals surface area contributed by atoms with Gasteiger partial charge in [-0.1, -0.05) is 37.3 Å². The molecule has 0 fully saturated rings. The Kier molecular flexibility index (Phi) is 6.45. The van der Waals surface area contributed by atoms with Crippen molar-refractivity contribution in [3.05, 3.63) is 48.0 Å². The van der Waals surface area contributed by atoms with Crippen LogP contribution in [0.15, 0.2) is 36.9 Å². The predicted molar refractivity (Wildman–Crippen MR) is 81.6 cm³/mol. The molecule has 0 spiro atoms. The van der Waals surface area contributed by atoms with Gasteiger partial charge in [0.1, 0.15) is 0 Å². The lowest BCUT2D eigenvalue weighted by atomic mass is 9.77. The third kappa shape index (κ3) is 3.37. The summed E-state index contributed by atoms with van der Waals surface area (Å²) in [7, 11) is 0. The number of hydrogen-bond acceptors (Lipinski definition) is 1. The molecule has 2 atom stereocenters. The van der Waals surface area contributed by atoms with E-state index in [0.717, 1.165) is 13.0 Å². The monoisotopic (exact) mass is 265 g/mol.